The number of hydrogen-bond acceptors (Lipinski definition) is 3. The predicted molar refractivity (Wildman–Crippen MR) is 71.6 cm³/mol. The fraction of sp³-hybridized carbons (Fsp3) is 0.692. The van der Waals surface area contributed by atoms with Crippen LogP contribution in [-0.2, 0) is 17.6 Å². The van der Waals surface area contributed by atoms with Gasteiger partial charge in [0.15, 0.2) is 0 Å². The molecule has 1 aromatic heterocycles. The van der Waals surface area contributed by atoms with Crippen molar-refractivity contribution in [3.63, 3.8) is 0 Å². The maximum atomic E-state index is 11.8. The molecule has 1 aliphatic carbocycles. The first kappa shape index (κ1) is 12.9. The lowest BCUT2D eigenvalue weighted by molar-refractivity contribution is -0.128. The summed E-state index contributed by atoms with van der Waals surface area (Å²) in [5.74, 6) is 0.858. The van der Waals surface area contributed by atoms with E-state index >= 15 is 0 Å². The van der Waals surface area contributed by atoms with Gasteiger partial charge in [0.1, 0.15) is 0 Å². The molecule has 18 heavy (non-hydrogen) atoms. The van der Waals surface area contributed by atoms with Crippen LogP contribution in [0, 0.1) is 0 Å². The molecule has 5 heteroatoms. The largest absolute Gasteiger partial charge is 0.347 e. The van der Waals surface area contributed by atoms with Gasteiger partial charge >= 0.3 is 0 Å². The number of carbonyl (C=O) groups is 1. The number of anilines is 1. The third-order valence-electron chi connectivity index (χ3n) is 3.48. The predicted octanol–water partition coefficient (Wildman–Crippen LogP) is 1.57. The Kier molecular flexibility index (Phi) is 4.23. The van der Waals surface area contributed by atoms with Crippen molar-refractivity contribution in [2.24, 2.45) is 0 Å². The Morgan fingerprint density at radius 3 is 2.72 bits per heavy atom. The molecule has 2 rings (SSSR count). The number of imidazole rings is 1. The van der Waals surface area contributed by atoms with Crippen molar-refractivity contribution in [3.05, 3.63) is 11.4 Å². The van der Waals surface area contributed by atoms with Crippen LogP contribution >= 0.6 is 0 Å². The highest BCUT2D eigenvalue weighted by Crippen LogP contribution is 2.20. The number of aromatic nitrogens is 2. The topological polar surface area (TPSA) is 61.0 Å². The van der Waals surface area contributed by atoms with Gasteiger partial charge in [-0.1, -0.05) is 0 Å². The molecule has 0 fully saturated rings. The standard InChI is InChI=1S/C13H22N4O/c1-3-17(4-2)12(18)9-14-13-15-10-7-5-6-8-11(10)16-13/h3-9H2,1-2H3,(H2,14,15,16). The highest BCUT2D eigenvalue weighted by molar-refractivity contribution is 5.80. The summed E-state index contributed by atoms with van der Waals surface area (Å²) in [5, 5.41) is 3.09. The van der Waals surface area contributed by atoms with Gasteiger partial charge in [0.25, 0.3) is 0 Å². The second-order valence-corrected chi connectivity index (χ2v) is 4.64. The third-order valence-corrected chi connectivity index (χ3v) is 3.48. The van der Waals surface area contributed by atoms with Crippen LogP contribution in [0.3, 0.4) is 0 Å². The first-order chi connectivity index (χ1) is 8.74. The van der Waals surface area contributed by atoms with Crippen LogP contribution in [0.1, 0.15) is 38.1 Å². The van der Waals surface area contributed by atoms with E-state index in [1.54, 1.807) is 0 Å². The fourth-order valence-corrected chi connectivity index (χ4v) is 2.38. The molecule has 0 aliphatic heterocycles. The Balaban J connectivity index is 1.90. The van der Waals surface area contributed by atoms with Gasteiger partial charge in [-0.25, -0.2) is 4.98 Å². The molecular weight excluding hydrogens is 228 g/mol. The molecule has 0 saturated heterocycles. The van der Waals surface area contributed by atoms with Crippen LogP contribution in [0.5, 0.6) is 0 Å². The maximum Gasteiger partial charge on any atom is 0.241 e. The number of hydrogen-bond donors (Lipinski definition) is 2. The van der Waals surface area contributed by atoms with Crippen molar-refractivity contribution in [2.75, 3.05) is 25.0 Å². The Hall–Kier alpha value is -1.52. The van der Waals surface area contributed by atoms with Crippen molar-refractivity contribution in [1.29, 1.82) is 0 Å². The monoisotopic (exact) mass is 250 g/mol. The minimum absolute atomic E-state index is 0.120. The van der Waals surface area contributed by atoms with E-state index in [4.69, 9.17) is 0 Å². The van der Waals surface area contributed by atoms with E-state index in [1.165, 1.54) is 24.2 Å². The van der Waals surface area contributed by atoms with Gasteiger partial charge in [-0.3, -0.25) is 4.79 Å². The van der Waals surface area contributed by atoms with Crippen LogP contribution < -0.4 is 5.32 Å². The first-order valence-electron chi connectivity index (χ1n) is 6.84. The zero-order chi connectivity index (χ0) is 13.0. The third kappa shape index (κ3) is 2.83. The second-order valence-electron chi connectivity index (χ2n) is 4.64. The molecule has 0 aromatic carbocycles. The Bertz CT molecular complexity index is 386. The molecule has 5 nitrogen and oxygen atoms in total. The van der Waals surface area contributed by atoms with Gasteiger partial charge in [-0.2, -0.15) is 0 Å². The highest BCUT2D eigenvalue weighted by Gasteiger charge is 2.15. The zero-order valence-electron chi connectivity index (χ0n) is 11.3. The molecule has 2 N–H and O–H groups in total. The molecule has 0 radical (unpaired) electrons. The Morgan fingerprint density at radius 1 is 1.33 bits per heavy atom. The lowest BCUT2D eigenvalue weighted by Gasteiger charge is -2.18. The number of rotatable bonds is 5. The molecular formula is C13H22N4O. The van der Waals surface area contributed by atoms with Crippen LogP contribution in [0.25, 0.3) is 0 Å². The van der Waals surface area contributed by atoms with E-state index in [1.807, 2.05) is 18.7 Å². The summed E-state index contributed by atoms with van der Waals surface area (Å²) in [7, 11) is 0. The molecule has 0 saturated carbocycles. The van der Waals surface area contributed by atoms with Gasteiger partial charge in [0.2, 0.25) is 11.9 Å². The van der Waals surface area contributed by atoms with Crippen LogP contribution in [-0.4, -0.2) is 40.4 Å². The van der Waals surface area contributed by atoms with Crippen LogP contribution in [0.2, 0.25) is 0 Å². The van der Waals surface area contributed by atoms with E-state index in [2.05, 4.69) is 15.3 Å². The van der Waals surface area contributed by atoms with E-state index in [0.717, 1.165) is 31.9 Å². The smallest absolute Gasteiger partial charge is 0.241 e. The van der Waals surface area contributed by atoms with E-state index in [-0.39, 0.29) is 5.91 Å². The molecule has 1 aliphatic rings. The average molecular weight is 250 g/mol. The zero-order valence-corrected chi connectivity index (χ0v) is 11.3. The molecule has 100 valence electrons. The number of H-pyrrole nitrogens is 1. The summed E-state index contributed by atoms with van der Waals surface area (Å²) >= 11 is 0. The van der Waals surface area contributed by atoms with Crippen molar-refractivity contribution >= 4 is 11.9 Å². The van der Waals surface area contributed by atoms with Crippen molar-refractivity contribution < 1.29 is 4.79 Å². The van der Waals surface area contributed by atoms with Gasteiger partial charge in [0.05, 0.1) is 12.2 Å². The van der Waals surface area contributed by atoms with Gasteiger partial charge in [-0.05, 0) is 39.5 Å². The SMILES string of the molecule is CCN(CC)C(=O)CNc1nc2c([nH]1)CCCC2. The molecule has 1 amide bonds. The summed E-state index contributed by atoms with van der Waals surface area (Å²) in [4.78, 5) is 21.4. The normalized spacial score (nSPS) is 14.1. The summed E-state index contributed by atoms with van der Waals surface area (Å²) < 4.78 is 0. The van der Waals surface area contributed by atoms with Crippen LogP contribution in [0.4, 0.5) is 5.95 Å². The minimum Gasteiger partial charge on any atom is -0.347 e. The summed E-state index contributed by atoms with van der Waals surface area (Å²) in [6, 6.07) is 0. The summed E-state index contributed by atoms with van der Waals surface area (Å²) in [5.41, 5.74) is 2.40. The Morgan fingerprint density at radius 2 is 2.06 bits per heavy atom. The number of nitrogens with zero attached hydrogens (tertiary/aromatic N) is 2. The number of aryl methyl sites for hydroxylation is 2. The average Bonchev–Trinajstić information content (AvgIpc) is 2.80. The van der Waals surface area contributed by atoms with Crippen molar-refractivity contribution in [3.8, 4) is 0 Å². The molecule has 1 heterocycles. The van der Waals surface area contributed by atoms with Gasteiger partial charge < -0.3 is 15.2 Å². The summed E-state index contributed by atoms with van der Waals surface area (Å²) in [6.45, 7) is 5.81. The number of likely N-dealkylation sites (N-methyl/N-ethyl adjacent to an activating group) is 1. The second kappa shape index (κ2) is 5.89. The lowest BCUT2D eigenvalue weighted by atomic mass is 10.0. The van der Waals surface area contributed by atoms with E-state index in [9.17, 15) is 4.79 Å². The molecule has 0 spiro atoms. The lowest BCUT2D eigenvalue weighted by Crippen LogP contribution is -2.35. The summed E-state index contributed by atoms with van der Waals surface area (Å²) in [6.07, 6.45) is 4.58. The number of amides is 1. The molecule has 1 aromatic rings. The number of aromatic amines is 1. The van der Waals surface area contributed by atoms with Gasteiger partial charge in [-0.15, -0.1) is 0 Å². The molecule has 0 bridgehead atoms. The quantitative estimate of drug-likeness (QED) is 0.834. The minimum atomic E-state index is 0.120. The van der Waals surface area contributed by atoms with Crippen LogP contribution in [0.15, 0.2) is 0 Å². The van der Waals surface area contributed by atoms with Gasteiger partial charge in [0, 0.05) is 18.8 Å². The first-order valence-corrected chi connectivity index (χ1v) is 6.84. The number of fused-ring (bicyclic) bond motifs is 1. The van der Waals surface area contributed by atoms with E-state index < -0.39 is 0 Å². The van der Waals surface area contributed by atoms with E-state index in [0.29, 0.717) is 6.54 Å². The molecule has 0 unspecified atom stereocenters. The van der Waals surface area contributed by atoms with Crippen molar-refractivity contribution in [2.45, 2.75) is 39.5 Å². The number of carbonyl (C=O) groups excluding carboxylic acids is 1. The fourth-order valence-electron chi connectivity index (χ4n) is 2.38. The highest BCUT2D eigenvalue weighted by atomic mass is 16.2. The molecule has 0 atom stereocenters. The maximum absolute atomic E-state index is 11.8. The Labute approximate surface area is 108 Å². The number of nitrogens with one attached hydrogen (secondary N) is 2. The van der Waals surface area contributed by atoms with Crippen molar-refractivity contribution in [1.82, 2.24) is 14.9 Å².